The molecule has 9 heteroatoms. The van der Waals surface area contributed by atoms with Crippen LogP contribution in [-0.4, -0.2) is 47.9 Å². The Hall–Kier alpha value is -2.68. The number of carbonyl (C=O) groups is 3. The monoisotopic (exact) mass is 423 g/mol. The zero-order chi connectivity index (χ0) is 21.9. The highest BCUT2D eigenvalue weighted by Crippen LogP contribution is 2.04. The van der Waals surface area contributed by atoms with Gasteiger partial charge in [-0.25, -0.2) is 14.4 Å². The maximum atomic E-state index is 12.1. The molecule has 0 bridgehead atoms. The van der Waals surface area contributed by atoms with Crippen molar-refractivity contribution in [3.63, 3.8) is 0 Å². The van der Waals surface area contributed by atoms with E-state index in [-0.39, 0.29) is 24.3 Å². The summed E-state index contributed by atoms with van der Waals surface area (Å²) in [5, 5.41) is 8.86. The molecule has 1 rings (SSSR count). The summed E-state index contributed by atoms with van der Waals surface area (Å²) in [5.41, 5.74) is 0.0361. The summed E-state index contributed by atoms with van der Waals surface area (Å²) in [6.45, 7) is 8.05. The van der Waals surface area contributed by atoms with E-state index in [2.05, 4.69) is 16.0 Å². The van der Waals surface area contributed by atoms with Crippen molar-refractivity contribution < 1.29 is 23.9 Å². The molecule has 0 heterocycles. The number of benzene rings is 1. The molecule has 0 radical (unpaired) electrons. The van der Waals surface area contributed by atoms with Crippen molar-refractivity contribution >= 4 is 35.4 Å². The van der Waals surface area contributed by atoms with Crippen molar-refractivity contribution in [3.05, 3.63) is 35.9 Å². The SMILES string of the molecule is CCOC(=O)[C@@H](CCCNC(=O)OC(=O)c1ccccc1)NC(=S)NC(C)(C)C. The first-order valence-corrected chi connectivity index (χ1v) is 9.83. The average molecular weight is 424 g/mol. The van der Waals surface area contributed by atoms with Crippen molar-refractivity contribution in [3.8, 4) is 0 Å². The zero-order valence-corrected chi connectivity index (χ0v) is 18.1. The molecule has 1 aromatic rings. The van der Waals surface area contributed by atoms with Gasteiger partial charge in [-0.15, -0.1) is 0 Å². The van der Waals surface area contributed by atoms with Crippen LogP contribution >= 0.6 is 12.2 Å². The van der Waals surface area contributed by atoms with Gasteiger partial charge in [0.25, 0.3) is 0 Å². The van der Waals surface area contributed by atoms with Crippen molar-refractivity contribution in [2.45, 2.75) is 52.1 Å². The van der Waals surface area contributed by atoms with Crippen LogP contribution in [0.15, 0.2) is 30.3 Å². The molecule has 1 aromatic carbocycles. The van der Waals surface area contributed by atoms with Gasteiger partial charge >= 0.3 is 18.0 Å². The number of hydrogen-bond donors (Lipinski definition) is 3. The molecule has 0 fully saturated rings. The Kier molecular flexibility index (Phi) is 10.1. The van der Waals surface area contributed by atoms with Gasteiger partial charge in [-0.1, -0.05) is 18.2 Å². The van der Waals surface area contributed by atoms with Gasteiger partial charge in [-0.3, -0.25) is 0 Å². The Morgan fingerprint density at radius 2 is 1.79 bits per heavy atom. The molecule has 0 aliphatic rings. The van der Waals surface area contributed by atoms with Gasteiger partial charge < -0.3 is 25.4 Å². The Labute approximate surface area is 176 Å². The number of ether oxygens (including phenoxy) is 2. The maximum absolute atomic E-state index is 12.1. The lowest BCUT2D eigenvalue weighted by atomic mass is 10.1. The van der Waals surface area contributed by atoms with Gasteiger partial charge in [0.05, 0.1) is 12.2 Å². The molecule has 1 amide bonds. The highest BCUT2D eigenvalue weighted by atomic mass is 32.1. The number of carbonyl (C=O) groups excluding carboxylic acids is 3. The molecular formula is C20H29N3O5S. The summed E-state index contributed by atoms with van der Waals surface area (Å²) >= 11 is 5.24. The van der Waals surface area contributed by atoms with Crippen molar-refractivity contribution in [2.24, 2.45) is 0 Å². The molecule has 0 unspecified atom stereocenters. The normalized spacial score (nSPS) is 11.7. The van der Waals surface area contributed by atoms with E-state index in [4.69, 9.17) is 21.7 Å². The number of nitrogens with one attached hydrogen (secondary N) is 3. The number of hydrogen-bond acceptors (Lipinski definition) is 6. The van der Waals surface area contributed by atoms with E-state index in [1.165, 1.54) is 0 Å². The molecule has 3 N–H and O–H groups in total. The third kappa shape index (κ3) is 10.4. The average Bonchev–Trinajstić information content (AvgIpc) is 2.63. The summed E-state index contributed by atoms with van der Waals surface area (Å²) in [4.78, 5) is 35.7. The molecule has 0 saturated heterocycles. The summed E-state index contributed by atoms with van der Waals surface area (Å²) in [5.74, 6) is -1.15. The predicted molar refractivity (Wildman–Crippen MR) is 114 cm³/mol. The predicted octanol–water partition coefficient (Wildman–Crippen LogP) is 2.53. The van der Waals surface area contributed by atoms with Crippen molar-refractivity contribution in [1.29, 1.82) is 0 Å². The minimum atomic E-state index is -0.843. The van der Waals surface area contributed by atoms with Gasteiger partial charge in [0.2, 0.25) is 0 Å². The fourth-order valence-electron chi connectivity index (χ4n) is 2.28. The van der Waals surface area contributed by atoms with E-state index >= 15 is 0 Å². The van der Waals surface area contributed by atoms with Crippen molar-refractivity contribution in [2.75, 3.05) is 13.2 Å². The second kappa shape index (κ2) is 12.0. The molecule has 0 aliphatic carbocycles. The summed E-state index contributed by atoms with van der Waals surface area (Å²) in [6.07, 6.45) is -0.0227. The smallest absolute Gasteiger partial charge is 0.415 e. The van der Waals surface area contributed by atoms with E-state index in [9.17, 15) is 14.4 Å². The van der Waals surface area contributed by atoms with Gasteiger partial charge in [0.15, 0.2) is 5.11 Å². The number of amides is 1. The van der Waals surface area contributed by atoms with Crippen LogP contribution < -0.4 is 16.0 Å². The van der Waals surface area contributed by atoms with Crippen LogP contribution in [0.2, 0.25) is 0 Å². The van der Waals surface area contributed by atoms with Crippen molar-refractivity contribution in [1.82, 2.24) is 16.0 Å². The van der Waals surface area contributed by atoms with E-state index in [1.54, 1.807) is 37.3 Å². The van der Waals surface area contributed by atoms with Gasteiger partial charge in [0.1, 0.15) is 6.04 Å². The highest BCUT2D eigenvalue weighted by Gasteiger charge is 2.22. The molecule has 0 spiro atoms. The van der Waals surface area contributed by atoms with Crippen LogP contribution in [0.4, 0.5) is 4.79 Å². The third-order valence-corrected chi connectivity index (χ3v) is 3.72. The van der Waals surface area contributed by atoms with Gasteiger partial charge in [0, 0.05) is 12.1 Å². The Balaban J connectivity index is 2.44. The number of esters is 2. The number of thiocarbonyl (C=S) groups is 1. The second-order valence-corrected chi connectivity index (χ2v) is 7.67. The summed E-state index contributed by atoms with van der Waals surface area (Å²) in [7, 11) is 0. The fourth-order valence-corrected chi connectivity index (χ4v) is 2.73. The molecule has 0 aromatic heterocycles. The first-order chi connectivity index (χ1) is 13.6. The molecule has 1 atom stereocenters. The molecule has 160 valence electrons. The molecule has 0 saturated carbocycles. The van der Waals surface area contributed by atoms with Crippen LogP contribution in [0.3, 0.4) is 0 Å². The lowest BCUT2D eigenvalue weighted by molar-refractivity contribution is -0.145. The summed E-state index contributed by atoms with van der Waals surface area (Å²) in [6, 6.07) is 7.57. The Morgan fingerprint density at radius 1 is 1.14 bits per heavy atom. The van der Waals surface area contributed by atoms with Gasteiger partial charge in [-0.05, 0) is 64.9 Å². The molecule has 8 nitrogen and oxygen atoms in total. The van der Waals surface area contributed by atoms with Crippen LogP contribution in [-0.2, 0) is 14.3 Å². The third-order valence-electron chi connectivity index (χ3n) is 3.50. The molecule has 29 heavy (non-hydrogen) atoms. The largest absolute Gasteiger partial charge is 0.464 e. The van der Waals surface area contributed by atoms with Crippen LogP contribution in [0.1, 0.15) is 50.9 Å². The lowest BCUT2D eigenvalue weighted by Gasteiger charge is -2.26. The molecular weight excluding hydrogens is 394 g/mol. The standard InChI is InChI=1S/C20H29N3O5S/c1-5-27-17(25)15(22-18(29)23-20(2,3)4)12-9-13-21-19(26)28-16(24)14-10-7-6-8-11-14/h6-8,10-11,15H,5,9,12-13H2,1-4H3,(H,21,26)(H2,22,23,29)/t15-/m1/s1. The zero-order valence-electron chi connectivity index (χ0n) is 17.2. The fraction of sp³-hybridized carbons (Fsp3) is 0.500. The van der Waals surface area contributed by atoms with E-state index in [0.29, 0.717) is 18.0 Å². The second-order valence-electron chi connectivity index (χ2n) is 7.27. The maximum Gasteiger partial charge on any atom is 0.415 e. The van der Waals surface area contributed by atoms with Crippen LogP contribution in [0.5, 0.6) is 0 Å². The van der Waals surface area contributed by atoms with E-state index < -0.39 is 24.1 Å². The minimum absolute atomic E-state index is 0.220. The minimum Gasteiger partial charge on any atom is -0.464 e. The van der Waals surface area contributed by atoms with E-state index in [0.717, 1.165) is 0 Å². The summed E-state index contributed by atoms with van der Waals surface area (Å²) < 4.78 is 9.79. The topological polar surface area (TPSA) is 106 Å². The first-order valence-electron chi connectivity index (χ1n) is 9.42. The van der Waals surface area contributed by atoms with Crippen LogP contribution in [0.25, 0.3) is 0 Å². The quantitative estimate of drug-likeness (QED) is 0.254. The van der Waals surface area contributed by atoms with Gasteiger partial charge in [-0.2, -0.15) is 0 Å². The number of rotatable bonds is 8. The van der Waals surface area contributed by atoms with E-state index in [1.807, 2.05) is 20.8 Å². The Morgan fingerprint density at radius 3 is 2.38 bits per heavy atom. The molecule has 0 aliphatic heterocycles. The Bertz CT molecular complexity index is 704. The lowest BCUT2D eigenvalue weighted by Crippen LogP contribution is -2.51. The van der Waals surface area contributed by atoms with Crippen LogP contribution in [0, 0.1) is 0 Å². The first kappa shape index (κ1) is 24.4. The number of alkyl carbamates (subject to hydrolysis) is 1. The highest BCUT2D eigenvalue weighted by molar-refractivity contribution is 7.80.